The largest absolute Gasteiger partial charge is 0.497 e. The third-order valence-corrected chi connectivity index (χ3v) is 6.34. The molecule has 3 aromatic carbocycles. The van der Waals surface area contributed by atoms with Gasteiger partial charge in [0.1, 0.15) is 16.4 Å². The van der Waals surface area contributed by atoms with Gasteiger partial charge in [0.15, 0.2) is 5.11 Å². The summed E-state index contributed by atoms with van der Waals surface area (Å²) in [4.78, 5) is -0.00205. The number of methoxy groups -OCH3 is 2. The number of ether oxygens (including phenoxy) is 2. The number of thiocarbonyl (C=S) groups is 1. The summed E-state index contributed by atoms with van der Waals surface area (Å²) in [5, 5.41) is 6.39. The van der Waals surface area contributed by atoms with Crippen LogP contribution in [-0.4, -0.2) is 27.7 Å². The van der Waals surface area contributed by atoms with Crippen molar-refractivity contribution in [3.63, 3.8) is 0 Å². The minimum Gasteiger partial charge on any atom is -0.497 e. The van der Waals surface area contributed by atoms with E-state index >= 15 is 0 Å². The molecule has 0 aromatic heterocycles. The second-order valence-corrected chi connectivity index (χ2v) is 9.15. The molecular weight excluding hydrogens is 446 g/mol. The lowest BCUT2D eigenvalue weighted by Crippen LogP contribution is -2.22. The lowest BCUT2D eigenvalue weighted by Gasteiger charge is -2.17. The van der Waals surface area contributed by atoms with Crippen LogP contribution in [0.15, 0.2) is 65.6 Å². The molecule has 168 valence electrons. The highest BCUT2D eigenvalue weighted by Crippen LogP contribution is 2.29. The van der Waals surface area contributed by atoms with Gasteiger partial charge in [0.2, 0.25) is 0 Å². The standard InChI is InChI=1S/C23H25N3O4S2/c1-15-5-6-16(2)21(13-15)25-23(31)24-20-12-11-19(30-4)14-22(20)32(27,28)26-17-7-9-18(29-3)10-8-17/h5-14,26H,1-4H3,(H2,24,25,31). The van der Waals surface area contributed by atoms with Crippen LogP contribution in [0, 0.1) is 13.8 Å². The maximum Gasteiger partial charge on any atom is 0.264 e. The van der Waals surface area contributed by atoms with Crippen molar-refractivity contribution in [2.24, 2.45) is 0 Å². The van der Waals surface area contributed by atoms with Crippen LogP contribution >= 0.6 is 12.2 Å². The molecule has 3 rings (SSSR count). The predicted molar refractivity (Wildman–Crippen MR) is 133 cm³/mol. The zero-order valence-electron chi connectivity index (χ0n) is 18.2. The lowest BCUT2D eigenvalue weighted by atomic mass is 10.1. The van der Waals surface area contributed by atoms with Crippen molar-refractivity contribution in [1.82, 2.24) is 0 Å². The Labute approximate surface area is 193 Å². The summed E-state index contributed by atoms with van der Waals surface area (Å²) in [5.74, 6) is 1.03. The van der Waals surface area contributed by atoms with Crippen molar-refractivity contribution < 1.29 is 17.9 Å². The summed E-state index contributed by atoms with van der Waals surface area (Å²) >= 11 is 5.44. The number of sulfonamides is 1. The van der Waals surface area contributed by atoms with E-state index in [9.17, 15) is 8.42 Å². The zero-order chi connectivity index (χ0) is 23.3. The molecule has 0 saturated heterocycles. The second kappa shape index (κ2) is 9.88. The highest BCUT2D eigenvalue weighted by atomic mass is 32.2. The number of aryl methyl sites for hydroxylation is 2. The molecule has 0 unspecified atom stereocenters. The van der Waals surface area contributed by atoms with Gasteiger partial charge in [0, 0.05) is 17.4 Å². The molecule has 0 amide bonds. The summed E-state index contributed by atoms with van der Waals surface area (Å²) < 4.78 is 39.3. The van der Waals surface area contributed by atoms with Crippen LogP contribution in [0.1, 0.15) is 11.1 Å². The fourth-order valence-electron chi connectivity index (χ4n) is 2.97. The van der Waals surface area contributed by atoms with Gasteiger partial charge in [-0.05, 0) is 79.7 Å². The highest BCUT2D eigenvalue weighted by Gasteiger charge is 2.21. The average molecular weight is 472 g/mol. The van der Waals surface area contributed by atoms with Crippen molar-refractivity contribution in [3.8, 4) is 11.5 Å². The van der Waals surface area contributed by atoms with Gasteiger partial charge in [-0.2, -0.15) is 0 Å². The third kappa shape index (κ3) is 5.68. The summed E-state index contributed by atoms with van der Waals surface area (Å²) in [6.07, 6.45) is 0. The van der Waals surface area contributed by atoms with Gasteiger partial charge in [0.05, 0.1) is 19.9 Å². The van der Waals surface area contributed by atoms with Gasteiger partial charge in [-0.3, -0.25) is 4.72 Å². The van der Waals surface area contributed by atoms with E-state index in [0.29, 0.717) is 22.9 Å². The molecule has 0 saturated carbocycles. The molecule has 3 aromatic rings. The molecule has 0 spiro atoms. The van der Waals surface area contributed by atoms with Gasteiger partial charge >= 0.3 is 0 Å². The van der Waals surface area contributed by atoms with E-state index in [0.717, 1.165) is 16.8 Å². The number of benzene rings is 3. The fraction of sp³-hybridized carbons (Fsp3) is 0.174. The van der Waals surface area contributed by atoms with Crippen molar-refractivity contribution in [3.05, 3.63) is 71.8 Å². The molecule has 0 aliphatic carbocycles. The normalized spacial score (nSPS) is 10.9. The van der Waals surface area contributed by atoms with Crippen molar-refractivity contribution in [2.75, 3.05) is 29.6 Å². The number of hydrogen-bond donors (Lipinski definition) is 3. The lowest BCUT2D eigenvalue weighted by molar-refractivity contribution is 0.413. The summed E-state index contributed by atoms with van der Waals surface area (Å²) in [6, 6.07) is 17.3. The van der Waals surface area contributed by atoms with Crippen LogP contribution in [0.3, 0.4) is 0 Å². The van der Waals surface area contributed by atoms with Crippen LogP contribution in [-0.2, 0) is 10.0 Å². The Hall–Kier alpha value is -3.30. The van der Waals surface area contributed by atoms with E-state index in [1.54, 1.807) is 43.5 Å². The zero-order valence-corrected chi connectivity index (χ0v) is 19.9. The van der Waals surface area contributed by atoms with E-state index < -0.39 is 10.0 Å². The first kappa shape index (κ1) is 23.4. The number of nitrogens with one attached hydrogen (secondary N) is 3. The van der Waals surface area contributed by atoms with Crippen molar-refractivity contribution in [1.29, 1.82) is 0 Å². The molecule has 3 N–H and O–H groups in total. The molecule has 0 radical (unpaired) electrons. The average Bonchev–Trinajstić information content (AvgIpc) is 2.76. The Balaban J connectivity index is 1.88. The third-order valence-electron chi connectivity index (χ3n) is 4.71. The number of rotatable bonds is 7. The van der Waals surface area contributed by atoms with Crippen molar-refractivity contribution >= 4 is 44.4 Å². The maximum absolute atomic E-state index is 13.2. The van der Waals surface area contributed by atoms with E-state index in [1.807, 2.05) is 32.0 Å². The minimum atomic E-state index is -3.95. The maximum atomic E-state index is 13.2. The number of anilines is 3. The first-order valence-electron chi connectivity index (χ1n) is 9.72. The number of hydrogen-bond acceptors (Lipinski definition) is 5. The summed E-state index contributed by atoms with van der Waals surface area (Å²) in [7, 11) is -0.931. The van der Waals surface area contributed by atoms with Crippen LogP contribution < -0.4 is 24.8 Å². The van der Waals surface area contributed by atoms with Crippen LogP contribution in [0.5, 0.6) is 11.5 Å². The SMILES string of the molecule is COc1ccc(NS(=O)(=O)c2cc(OC)ccc2NC(=S)Nc2cc(C)ccc2C)cc1. The monoisotopic (exact) mass is 471 g/mol. The summed E-state index contributed by atoms with van der Waals surface area (Å²) in [5.41, 5.74) is 3.66. The topological polar surface area (TPSA) is 88.7 Å². The Morgan fingerprint density at radius 3 is 2.09 bits per heavy atom. The quantitative estimate of drug-likeness (QED) is 0.421. The van der Waals surface area contributed by atoms with E-state index in [2.05, 4.69) is 15.4 Å². The van der Waals surface area contributed by atoms with Gasteiger partial charge in [0.25, 0.3) is 10.0 Å². The first-order chi connectivity index (χ1) is 15.2. The molecule has 0 aliphatic heterocycles. The molecule has 9 heteroatoms. The van der Waals surface area contributed by atoms with Crippen LogP contribution in [0.2, 0.25) is 0 Å². The molecule has 0 aliphatic rings. The summed E-state index contributed by atoms with van der Waals surface area (Å²) in [6.45, 7) is 3.95. The van der Waals surface area contributed by atoms with Crippen LogP contribution in [0.4, 0.5) is 17.1 Å². The molecule has 0 fully saturated rings. The Kier molecular flexibility index (Phi) is 7.22. The van der Waals surface area contributed by atoms with Gasteiger partial charge in [-0.15, -0.1) is 0 Å². The second-order valence-electron chi connectivity index (χ2n) is 7.09. The van der Waals surface area contributed by atoms with Gasteiger partial charge in [-0.25, -0.2) is 8.42 Å². The van der Waals surface area contributed by atoms with Gasteiger partial charge in [-0.1, -0.05) is 12.1 Å². The Morgan fingerprint density at radius 1 is 0.812 bits per heavy atom. The van der Waals surface area contributed by atoms with Gasteiger partial charge < -0.3 is 20.1 Å². The van der Waals surface area contributed by atoms with E-state index in [1.165, 1.54) is 13.2 Å². The van der Waals surface area contributed by atoms with E-state index in [4.69, 9.17) is 21.7 Å². The molecule has 7 nitrogen and oxygen atoms in total. The molecule has 0 bridgehead atoms. The highest BCUT2D eigenvalue weighted by molar-refractivity contribution is 7.93. The molecule has 0 heterocycles. The molecular formula is C23H25N3O4S2. The first-order valence-corrected chi connectivity index (χ1v) is 11.6. The molecule has 0 atom stereocenters. The Bertz CT molecular complexity index is 1230. The molecule has 32 heavy (non-hydrogen) atoms. The minimum absolute atomic E-state index is 0.00205. The fourth-order valence-corrected chi connectivity index (χ4v) is 4.43. The van der Waals surface area contributed by atoms with Crippen LogP contribution in [0.25, 0.3) is 0 Å². The smallest absolute Gasteiger partial charge is 0.264 e. The predicted octanol–water partition coefficient (Wildman–Crippen LogP) is 4.93. The van der Waals surface area contributed by atoms with E-state index in [-0.39, 0.29) is 10.0 Å². The Morgan fingerprint density at radius 2 is 1.44 bits per heavy atom. The van der Waals surface area contributed by atoms with Crippen molar-refractivity contribution in [2.45, 2.75) is 18.7 Å².